The van der Waals surface area contributed by atoms with Crippen LogP contribution in [-0.4, -0.2) is 33.9 Å². The number of hydrogen-bond acceptors (Lipinski definition) is 7. The van der Waals surface area contributed by atoms with Crippen molar-refractivity contribution in [1.82, 2.24) is 15.5 Å². The number of hydrogen-bond donors (Lipinski definition) is 2. The van der Waals surface area contributed by atoms with Crippen LogP contribution in [0.1, 0.15) is 25.0 Å². The number of carboxylic acid groups (broad SMARTS) is 1. The van der Waals surface area contributed by atoms with Crippen molar-refractivity contribution in [3.63, 3.8) is 0 Å². The maximum atomic E-state index is 10.6. The van der Waals surface area contributed by atoms with E-state index in [9.17, 15) is 10.1 Å². The zero-order valence-corrected chi connectivity index (χ0v) is 17.1. The number of carbonyl (C=O) groups is 1. The van der Waals surface area contributed by atoms with Gasteiger partial charge in [0.25, 0.3) is 5.89 Å². The van der Waals surface area contributed by atoms with Gasteiger partial charge in [-0.25, -0.2) is 0 Å². The standard InChI is InChI=1S/C21H19ClN4O4/c1-12(2)29-18-6-4-14(8-15(18)9-23)21-25-20(26-30-21)16-5-3-13(7-17(16)22)10-24-11-19(27)28/h3-8,12,24H,10-11H2,1-2H3,(H,27,28). The Morgan fingerprint density at radius 3 is 2.80 bits per heavy atom. The second kappa shape index (κ2) is 9.39. The van der Waals surface area contributed by atoms with E-state index in [0.717, 1.165) is 5.56 Å². The predicted octanol–water partition coefficient (Wildman–Crippen LogP) is 3.89. The third-order valence-electron chi connectivity index (χ3n) is 4.02. The Labute approximate surface area is 178 Å². The minimum atomic E-state index is -0.930. The van der Waals surface area contributed by atoms with E-state index in [0.29, 0.717) is 39.8 Å². The summed E-state index contributed by atoms with van der Waals surface area (Å²) in [5.74, 6) is 0.119. The number of nitriles is 1. The van der Waals surface area contributed by atoms with E-state index in [1.807, 2.05) is 13.8 Å². The Kier molecular flexibility index (Phi) is 6.67. The molecule has 2 aromatic carbocycles. The summed E-state index contributed by atoms with van der Waals surface area (Å²) in [6.07, 6.45) is -0.0533. The molecule has 30 heavy (non-hydrogen) atoms. The lowest BCUT2D eigenvalue weighted by atomic mass is 10.1. The van der Waals surface area contributed by atoms with E-state index >= 15 is 0 Å². The van der Waals surface area contributed by atoms with Crippen molar-refractivity contribution < 1.29 is 19.2 Å². The van der Waals surface area contributed by atoms with Crippen LogP contribution in [0.25, 0.3) is 22.8 Å². The Morgan fingerprint density at radius 2 is 2.13 bits per heavy atom. The average molecular weight is 427 g/mol. The van der Waals surface area contributed by atoms with Gasteiger partial charge in [-0.05, 0) is 49.7 Å². The van der Waals surface area contributed by atoms with E-state index in [1.165, 1.54) is 0 Å². The van der Waals surface area contributed by atoms with Crippen LogP contribution >= 0.6 is 11.6 Å². The van der Waals surface area contributed by atoms with E-state index in [4.69, 9.17) is 26.0 Å². The monoisotopic (exact) mass is 426 g/mol. The first-order valence-corrected chi connectivity index (χ1v) is 9.51. The number of rotatable bonds is 8. The van der Waals surface area contributed by atoms with Crippen LogP contribution in [0.2, 0.25) is 5.02 Å². The number of nitrogens with zero attached hydrogens (tertiary/aromatic N) is 3. The lowest BCUT2D eigenvalue weighted by molar-refractivity contribution is -0.136. The Bertz CT molecular complexity index is 1100. The average Bonchev–Trinajstić information content (AvgIpc) is 3.17. The molecule has 0 fully saturated rings. The van der Waals surface area contributed by atoms with Gasteiger partial charge in [0, 0.05) is 17.7 Å². The Morgan fingerprint density at radius 1 is 1.33 bits per heavy atom. The molecule has 0 amide bonds. The maximum absolute atomic E-state index is 10.6. The molecule has 0 aliphatic carbocycles. The highest BCUT2D eigenvalue weighted by molar-refractivity contribution is 6.33. The van der Waals surface area contributed by atoms with Crippen LogP contribution in [0.4, 0.5) is 0 Å². The highest BCUT2D eigenvalue weighted by atomic mass is 35.5. The molecule has 0 spiro atoms. The van der Waals surface area contributed by atoms with Gasteiger partial charge in [-0.3, -0.25) is 4.79 Å². The van der Waals surface area contributed by atoms with Crippen LogP contribution in [-0.2, 0) is 11.3 Å². The molecule has 0 atom stereocenters. The smallest absolute Gasteiger partial charge is 0.317 e. The van der Waals surface area contributed by atoms with Gasteiger partial charge in [-0.2, -0.15) is 10.2 Å². The number of benzene rings is 2. The number of aromatic nitrogens is 2. The third-order valence-corrected chi connectivity index (χ3v) is 4.33. The highest BCUT2D eigenvalue weighted by Gasteiger charge is 2.16. The van der Waals surface area contributed by atoms with Gasteiger partial charge in [0.15, 0.2) is 0 Å². The summed E-state index contributed by atoms with van der Waals surface area (Å²) >= 11 is 6.35. The minimum absolute atomic E-state index is 0.0533. The van der Waals surface area contributed by atoms with E-state index < -0.39 is 5.97 Å². The molecule has 0 radical (unpaired) electrons. The summed E-state index contributed by atoms with van der Waals surface area (Å²) in [7, 11) is 0. The second-order valence-electron chi connectivity index (χ2n) is 6.72. The van der Waals surface area contributed by atoms with Crippen molar-refractivity contribution in [2.75, 3.05) is 6.54 Å². The molecule has 0 saturated heterocycles. The SMILES string of the molecule is CC(C)Oc1ccc(-c2nc(-c3ccc(CNCC(=O)O)cc3Cl)no2)cc1C#N. The van der Waals surface area contributed by atoms with E-state index in [2.05, 4.69) is 21.5 Å². The van der Waals surface area contributed by atoms with Crippen molar-refractivity contribution >= 4 is 17.6 Å². The van der Waals surface area contributed by atoms with Crippen LogP contribution in [0.3, 0.4) is 0 Å². The number of halogens is 1. The zero-order chi connectivity index (χ0) is 21.7. The van der Waals surface area contributed by atoms with Gasteiger partial charge < -0.3 is 19.7 Å². The van der Waals surface area contributed by atoms with Crippen LogP contribution in [0, 0.1) is 11.3 Å². The highest BCUT2D eigenvalue weighted by Crippen LogP contribution is 2.30. The minimum Gasteiger partial charge on any atom is -0.490 e. The molecular weight excluding hydrogens is 408 g/mol. The van der Waals surface area contributed by atoms with Crippen molar-refractivity contribution in [1.29, 1.82) is 5.26 Å². The molecule has 1 heterocycles. The third kappa shape index (κ3) is 5.14. The van der Waals surface area contributed by atoms with Gasteiger partial charge in [0.05, 0.1) is 23.2 Å². The molecule has 3 aromatic rings. The van der Waals surface area contributed by atoms with Gasteiger partial charge in [0.2, 0.25) is 5.82 Å². The maximum Gasteiger partial charge on any atom is 0.317 e. The molecule has 3 rings (SSSR count). The zero-order valence-electron chi connectivity index (χ0n) is 16.3. The van der Waals surface area contributed by atoms with Crippen LogP contribution < -0.4 is 10.1 Å². The molecule has 0 aliphatic rings. The number of carboxylic acids is 1. The summed E-state index contributed by atoms with van der Waals surface area (Å²) in [5.41, 5.74) is 2.37. The van der Waals surface area contributed by atoms with Gasteiger partial charge >= 0.3 is 5.97 Å². The molecule has 0 aliphatic heterocycles. The molecule has 2 N–H and O–H groups in total. The molecular formula is C21H19ClN4O4. The lowest BCUT2D eigenvalue weighted by Gasteiger charge is -2.11. The largest absolute Gasteiger partial charge is 0.490 e. The topological polar surface area (TPSA) is 121 Å². The fourth-order valence-corrected chi connectivity index (χ4v) is 3.01. The molecule has 0 bridgehead atoms. The molecule has 9 heteroatoms. The normalized spacial score (nSPS) is 10.8. The van der Waals surface area contributed by atoms with Crippen molar-refractivity contribution in [3.05, 3.63) is 52.5 Å². The molecule has 1 aromatic heterocycles. The van der Waals surface area contributed by atoms with Gasteiger partial charge in [-0.15, -0.1) is 0 Å². The van der Waals surface area contributed by atoms with E-state index in [-0.39, 0.29) is 18.5 Å². The first kappa shape index (κ1) is 21.3. The van der Waals surface area contributed by atoms with Crippen LogP contribution in [0.15, 0.2) is 40.9 Å². The van der Waals surface area contributed by atoms with Crippen molar-refractivity contribution in [2.24, 2.45) is 0 Å². The van der Waals surface area contributed by atoms with Gasteiger partial charge in [0.1, 0.15) is 11.8 Å². The number of ether oxygens (including phenoxy) is 1. The summed E-state index contributed by atoms with van der Waals surface area (Å²) in [5, 5.41) is 25.3. The number of aliphatic carboxylic acids is 1. The van der Waals surface area contributed by atoms with Gasteiger partial charge in [-0.1, -0.05) is 22.8 Å². The number of nitrogens with one attached hydrogen (secondary N) is 1. The first-order chi connectivity index (χ1) is 14.4. The Balaban J connectivity index is 1.81. The fraction of sp³-hybridized carbons (Fsp3) is 0.238. The lowest BCUT2D eigenvalue weighted by Crippen LogP contribution is -2.21. The van der Waals surface area contributed by atoms with Crippen molar-refractivity contribution in [3.8, 4) is 34.7 Å². The summed E-state index contributed by atoms with van der Waals surface area (Å²) in [6, 6.07) is 12.4. The first-order valence-electron chi connectivity index (χ1n) is 9.13. The van der Waals surface area contributed by atoms with Crippen molar-refractivity contribution in [2.45, 2.75) is 26.5 Å². The second-order valence-corrected chi connectivity index (χ2v) is 7.13. The molecule has 0 saturated carbocycles. The molecule has 0 unspecified atom stereocenters. The summed E-state index contributed by atoms with van der Waals surface area (Å²) in [6.45, 7) is 4.00. The predicted molar refractivity (Wildman–Crippen MR) is 110 cm³/mol. The fourth-order valence-electron chi connectivity index (χ4n) is 2.72. The molecule has 154 valence electrons. The summed E-state index contributed by atoms with van der Waals surface area (Å²) < 4.78 is 11.0. The van der Waals surface area contributed by atoms with E-state index in [1.54, 1.807) is 36.4 Å². The summed E-state index contributed by atoms with van der Waals surface area (Å²) in [4.78, 5) is 15.0. The molecule has 8 nitrogen and oxygen atoms in total. The quantitative estimate of drug-likeness (QED) is 0.556. The Hall–Kier alpha value is -3.41. The van der Waals surface area contributed by atoms with Crippen LogP contribution in [0.5, 0.6) is 5.75 Å².